The molecule has 3 rings (SSSR count). The first-order valence-corrected chi connectivity index (χ1v) is 11.2. The van der Waals surface area contributed by atoms with E-state index in [2.05, 4.69) is 33.8 Å². The Bertz CT molecular complexity index is 321. The van der Waals surface area contributed by atoms with Crippen LogP contribution in [0, 0.1) is 23.2 Å². The van der Waals surface area contributed by atoms with Crippen molar-refractivity contribution < 1.29 is 0 Å². The molecule has 0 nitrogen and oxygen atoms in total. The molecule has 2 saturated carbocycles. The van der Waals surface area contributed by atoms with Crippen LogP contribution in [0.1, 0.15) is 127 Å². The third-order valence-electron chi connectivity index (χ3n) is 6.09. The molecule has 0 spiro atoms. The first-order chi connectivity index (χ1) is 11.5. The summed E-state index contributed by atoms with van der Waals surface area (Å²) >= 11 is 0. The second-order valence-electron chi connectivity index (χ2n) is 8.35. The molecule has 152 valence electrons. The van der Waals surface area contributed by atoms with Gasteiger partial charge in [-0.1, -0.05) is 113 Å². The van der Waals surface area contributed by atoms with Crippen molar-refractivity contribution in [2.45, 2.75) is 127 Å². The van der Waals surface area contributed by atoms with Crippen LogP contribution in [0.3, 0.4) is 0 Å². The lowest BCUT2D eigenvalue weighted by atomic mass is 9.73. The quantitative estimate of drug-likeness (QED) is 0.434. The topological polar surface area (TPSA) is 0 Å². The van der Waals surface area contributed by atoms with Crippen molar-refractivity contribution in [3.63, 3.8) is 0 Å². The van der Waals surface area contributed by atoms with Gasteiger partial charge in [0.25, 0.3) is 0 Å². The molecule has 0 radical (unpaired) electrons. The van der Waals surface area contributed by atoms with E-state index in [4.69, 9.17) is 0 Å². The van der Waals surface area contributed by atoms with Crippen LogP contribution in [-0.2, 0) is 0 Å². The number of hydrogen-bond donors (Lipinski definition) is 0. The maximum absolute atomic E-state index is 2.48. The van der Waals surface area contributed by atoms with Crippen molar-refractivity contribution >= 4 is 0 Å². The fourth-order valence-corrected chi connectivity index (χ4v) is 4.79. The Morgan fingerprint density at radius 3 is 2.12 bits per heavy atom. The summed E-state index contributed by atoms with van der Waals surface area (Å²) in [6.07, 6.45) is 16.9. The fourth-order valence-electron chi connectivity index (χ4n) is 4.79. The standard InChI is InChI=1S/C10H16.C10H20.2C2H6.CH4/c1-8-5-9-3-4-10(2,6-8)7-9;1-3-9(2)10-7-5-4-6-8-10;2*1-2;/h3,8H,4-7H2,1-2H3;9-10H,3-8H2,1-2H3;2*1-2H3;1H4. The van der Waals surface area contributed by atoms with Crippen LogP contribution in [0.25, 0.3) is 0 Å². The highest BCUT2D eigenvalue weighted by Crippen LogP contribution is 2.49. The Morgan fingerprint density at radius 2 is 1.64 bits per heavy atom. The van der Waals surface area contributed by atoms with E-state index in [9.17, 15) is 0 Å². The molecule has 0 N–H and O–H groups in total. The van der Waals surface area contributed by atoms with Crippen LogP contribution in [0.15, 0.2) is 11.6 Å². The van der Waals surface area contributed by atoms with Gasteiger partial charge < -0.3 is 0 Å². The zero-order valence-corrected chi connectivity index (χ0v) is 18.4. The zero-order valence-electron chi connectivity index (χ0n) is 18.4. The minimum absolute atomic E-state index is 0. The zero-order chi connectivity index (χ0) is 18.6. The summed E-state index contributed by atoms with van der Waals surface area (Å²) in [7, 11) is 0. The number of fused-ring (bicyclic) bond motifs is 2. The molecular weight excluding hydrogens is 300 g/mol. The molecule has 0 heterocycles. The first kappa shape index (κ1) is 27.0. The van der Waals surface area contributed by atoms with E-state index in [1.54, 1.807) is 5.57 Å². The normalized spacial score (nSPS) is 28.5. The molecule has 3 aliphatic rings. The summed E-state index contributed by atoms with van der Waals surface area (Å²) in [5.41, 5.74) is 2.41. The van der Waals surface area contributed by atoms with E-state index in [-0.39, 0.29) is 7.43 Å². The van der Waals surface area contributed by atoms with E-state index >= 15 is 0 Å². The van der Waals surface area contributed by atoms with Crippen molar-refractivity contribution in [2.24, 2.45) is 23.2 Å². The molecule has 2 bridgehead atoms. The molecule has 2 fully saturated rings. The van der Waals surface area contributed by atoms with Crippen LogP contribution in [0.2, 0.25) is 0 Å². The Hall–Kier alpha value is -0.260. The van der Waals surface area contributed by atoms with Crippen molar-refractivity contribution in [1.29, 1.82) is 0 Å². The van der Waals surface area contributed by atoms with Gasteiger partial charge in [0, 0.05) is 0 Å². The van der Waals surface area contributed by atoms with Crippen molar-refractivity contribution in [3.8, 4) is 0 Å². The smallest absolute Gasteiger partial charge is 0.0251 e. The van der Waals surface area contributed by atoms with Gasteiger partial charge in [0.15, 0.2) is 0 Å². The Kier molecular flexibility index (Phi) is 16.0. The van der Waals surface area contributed by atoms with Crippen molar-refractivity contribution in [2.75, 3.05) is 0 Å². The van der Waals surface area contributed by atoms with E-state index in [0.29, 0.717) is 5.41 Å². The third kappa shape index (κ3) is 9.86. The summed E-state index contributed by atoms with van der Waals surface area (Å²) in [5.74, 6) is 3.01. The highest BCUT2D eigenvalue weighted by Gasteiger charge is 2.35. The van der Waals surface area contributed by atoms with Crippen LogP contribution >= 0.6 is 0 Å². The second-order valence-corrected chi connectivity index (χ2v) is 8.35. The summed E-state index contributed by atoms with van der Waals surface area (Å²) in [4.78, 5) is 0. The lowest BCUT2D eigenvalue weighted by Gasteiger charge is -2.32. The monoisotopic (exact) mass is 352 g/mol. The molecule has 0 aromatic heterocycles. The van der Waals surface area contributed by atoms with Gasteiger partial charge in [0.2, 0.25) is 0 Å². The molecule has 0 amide bonds. The highest BCUT2D eigenvalue weighted by atomic mass is 14.4. The molecule has 0 aliphatic heterocycles. The van der Waals surface area contributed by atoms with E-state index in [1.165, 1.54) is 64.2 Å². The Labute approximate surface area is 162 Å². The molecule has 0 aromatic rings. The van der Waals surface area contributed by atoms with E-state index in [0.717, 1.165) is 17.8 Å². The lowest BCUT2D eigenvalue weighted by Crippen LogP contribution is -2.20. The average Bonchev–Trinajstić information content (AvgIpc) is 2.91. The van der Waals surface area contributed by atoms with Gasteiger partial charge in [-0.25, -0.2) is 0 Å². The van der Waals surface area contributed by atoms with Crippen molar-refractivity contribution in [1.82, 2.24) is 0 Å². The van der Waals surface area contributed by atoms with Gasteiger partial charge in [-0.3, -0.25) is 0 Å². The van der Waals surface area contributed by atoms with Gasteiger partial charge in [-0.15, -0.1) is 0 Å². The van der Waals surface area contributed by atoms with Gasteiger partial charge >= 0.3 is 0 Å². The molecule has 3 atom stereocenters. The Morgan fingerprint density at radius 1 is 1.08 bits per heavy atom. The highest BCUT2D eigenvalue weighted by molar-refractivity contribution is 5.18. The Balaban J connectivity index is 0. The van der Waals surface area contributed by atoms with Gasteiger partial charge in [0.05, 0.1) is 0 Å². The fraction of sp³-hybridized carbons (Fsp3) is 0.920. The number of hydrogen-bond acceptors (Lipinski definition) is 0. The maximum Gasteiger partial charge on any atom is -0.0251 e. The minimum Gasteiger partial charge on any atom is -0.0847 e. The summed E-state index contributed by atoms with van der Waals surface area (Å²) in [5, 5.41) is 0. The molecule has 0 saturated heterocycles. The van der Waals surface area contributed by atoms with Gasteiger partial charge in [-0.05, 0) is 48.9 Å². The summed E-state index contributed by atoms with van der Waals surface area (Å²) in [6.45, 7) is 17.6. The molecule has 3 unspecified atom stereocenters. The van der Waals surface area contributed by atoms with E-state index < -0.39 is 0 Å². The van der Waals surface area contributed by atoms with Gasteiger partial charge in [-0.2, -0.15) is 0 Å². The minimum atomic E-state index is 0. The SMILES string of the molecule is C.CC.CC.CC1CC2=CCC(C)(C2)C1.CCC(C)C1CCCCC1. The van der Waals surface area contributed by atoms with Gasteiger partial charge in [0.1, 0.15) is 0 Å². The number of allylic oxidation sites excluding steroid dienone is 2. The molecular formula is C25H52. The number of rotatable bonds is 2. The second kappa shape index (κ2) is 14.9. The third-order valence-corrected chi connectivity index (χ3v) is 6.09. The van der Waals surface area contributed by atoms with Crippen molar-refractivity contribution in [3.05, 3.63) is 11.6 Å². The molecule has 3 aliphatic carbocycles. The van der Waals surface area contributed by atoms with Crippen LogP contribution in [0.4, 0.5) is 0 Å². The largest absolute Gasteiger partial charge is 0.0847 e. The maximum atomic E-state index is 2.48. The first-order valence-electron chi connectivity index (χ1n) is 11.2. The van der Waals surface area contributed by atoms with Crippen LogP contribution < -0.4 is 0 Å². The molecule has 0 heteroatoms. The van der Waals surface area contributed by atoms with Crippen LogP contribution in [-0.4, -0.2) is 0 Å². The predicted molar refractivity (Wildman–Crippen MR) is 119 cm³/mol. The predicted octanol–water partition coefficient (Wildman–Crippen LogP) is 9.44. The molecule has 0 aromatic carbocycles. The van der Waals surface area contributed by atoms with Crippen LogP contribution in [0.5, 0.6) is 0 Å². The molecule has 25 heavy (non-hydrogen) atoms. The van der Waals surface area contributed by atoms with E-state index in [1.807, 2.05) is 27.7 Å². The average molecular weight is 353 g/mol. The summed E-state index contributed by atoms with van der Waals surface area (Å²) < 4.78 is 0. The lowest BCUT2D eigenvalue weighted by molar-refractivity contribution is 0.233. The summed E-state index contributed by atoms with van der Waals surface area (Å²) in [6, 6.07) is 0.